The largest absolute Gasteiger partial charge is 0.322 e. The molecule has 2 aromatic carbocycles. The van der Waals surface area contributed by atoms with Crippen molar-refractivity contribution in [3.05, 3.63) is 72.6 Å². The van der Waals surface area contributed by atoms with Crippen LogP contribution in [0.2, 0.25) is 0 Å². The SMILES string of the molecule is CC(C)NS(=O)(=O)c1ccc(NC(=O)c2ccc(-n3cccn3)cc2)cc1. The lowest BCUT2D eigenvalue weighted by atomic mass is 10.2. The highest BCUT2D eigenvalue weighted by Crippen LogP contribution is 2.16. The van der Waals surface area contributed by atoms with Gasteiger partial charge in [-0.1, -0.05) is 0 Å². The summed E-state index contributed by atoms with van der Waals surface area (Å²) >= 11 is 0. The molecule has 0 saturated heterocycles. The molecule has 1 aromatic heterocycles. The highest BCUT2D eigenvalue weighted by atomic mass is 32.2. The van der Waals surface area contributed by atoms with Crippen LogP contribution in [0, 0.1) is 0 Å². The normalized spacial score (nSPS) is 11.5. The molecule has 0 atom stereocenters. The van der Waals surface area contributed by atoms with E-state index in [-0.39, 0.29) is 16.8 Å². The van der Waals surface area contributed by atoms with Crippen LogP contribution < -0.4 is 10.0 Å². The summed E-state index contributed by atoms with van der Waals surface area (Å²) in [7, 11) is -3.55. The molecule has 2 N–H and O–H groups in total. The van der Waals surface area contributed by atoms with Crippen LogP contribution in [0.15, 0.2) is 71.9 Å². The van der Waals surface area contributed by atoms with E-state index in [2.05, 4.69) is 15.1 Å². The van der Waals surface area contributed by atoms with Crippen LogP contribution >= 0.6 is 0 Å². The van der Waals surface area contributed by atoms with Gasteiger partial charge >= 0.3 is 0 Å². The molecule has 140 valence electrons. The van der Waals surface area contributed by atoms with E-state index in [1.54, 1.807) is 61.1 Å². The Kier molecular flexibility index (Phi) is 5.38. The molecule has 0 radical (unpaired) electrons. The number of hydrogen-bond acceptors (Lipinski definition) is 4. The summed E-state index contributed by atoms with van der Waals surface area (Å²) in [5.74, 6) is -0.280. The molecule has 0 aliphatic rings. The molecule has 1 heterocycles. The van der Waals surface area contributed by atoms with Crippen LogP contribution in [0.4, 0.5) is 5.69 Å². The van der Waals surface area contributed by atoms with Gasteiger partial charge in [-0.15, -0.1) is 0 Å². The van der Waals surface area contributed by atoms with Gasteiger partial charge in [-0.25, -0.2) is 17.8 Å². The fourth-order valence-electron chi connectivity index (χ4n) is 2.49. The van der Waals surface area contributed by atoms with Crippen LogP contribution in [0.25, 0.3) is 5.69 Å². The Hall–Kier alpha value is -2.97. The number of amides is 1. The zero-order valence-corrected chi connectivity index (χ0v) is 15.8. The van der Waals surface area contributed by atoms with Crippen molar-refractivity contribution in [1.29, 1.82) is 0 Å². The molecule has 0 unspecified atom stereocenters. The van der Waals surface area contributed by atoms with Gasteiger partial charge in [0.1, 0.15) is 0 Å². The summed E-state index contributed by atoms with van der Waals surface area (Å²) in [5, 5.41) is 6.89. The first-order valence-electron chi connectivity index (χ1n) is 8.39. The third-order valence-electron chi connectivity index (χ3n) is 3.71. The number of nitrogens with one attached hydrogen (secondary N) is 2. The summed E-state index contributed by atoms with van der Waals surface area (Å²) in [6.45, 7) is 3.51. The Labute approximate surface area is 158 Å². The Bertz CT molecular complexity index is 1010. The first-order valence-corrected chi connectivity index (χ1v) is 9.87. The maximum atomic E-state index is 12.4. The van der Waals surface area contributed by atoms with Gasteiger partial charge in [0, 0.05) is 29.7 Å². The Balaban J connectivity index is 1.69. The van der Waals surface area contributed by atoms with E-state index in [4.69, 9.17) is 0 Å². The molecule has 0 aliphatic carbocycles. The molecule has 3 aromatic rings. The predicted molar refractivity (Wildman–Crippen MR) is 103 cm³/mol. The highest BCUT2D eigenvalue weighted by molar-refractivity contribution is 7.89. The standard InChI is InChI=1S/C19H20N4O3S/c1-14(2)22-27(25,26)18-10-6-16(7-11-18)21-19(24)15-4-8-17(9-5-15)23-13-3-12-20-23/h3-14,22H,1-2H3,(H,21,24). The number of nitrogens with zero attached hydrogens (tertiary/aromatic N) is 2. The van der Waals surface area contributed by atoms with Crippen molar-refractivity contribution in [2.24, 2.45) is 0 Å². The number of carbonyl (C=O) groups is 1. The number of benzene rings is 2. The number of aromatic nitrogens is 2. The van der Waals surface area contributed by atoms with Crippen molar-refractivity contribution in [3.63, 3.8) is 0 Å². The number of hydrogen-bond donors (Lipinski definition) is 2. The highest BCUT2D eigenvalue weighted by Gasteiger charge is 2.15. The van der Waals surface area contributed by atoms with Gasteiger partial charge in [0.15, 0.2) is 0 Å². The fraction of sp³-hybridized carbons (Fsp3) is 0.158. The van der Waals surface area contributed by atoms with E-state index in [0.717, 1.165) is 5.69 Å². The third-order valence-corrected chi connectivity index (χ3v) is 5.39. The molecule has 7 nitrogen and oxygen atoms in total. The van der Waals surface area contributed by atoms with E-state index in [9.17, 15) is 13.2 Å². The van der Waals surface area contributed by atoms with Gasteiger partial charge in [-0.3, -0.25) is 4.79 Å². The second-order valence-electron chi connectivity index (χ2n) is 6.25. The lowest BCUT2D eigenvalue weighted by molar-refractivity contribution is 0.102. The van der Waals surface area contributed by atoms with Crippen molar-refractivity contribution in [1.82, 2.24) is 14.5 Å². The molecular weight excluding hydrogens is 364 g/mol. The second kappa shape index (κ2) is 7.73. The van der Waals surface area contributed by atoms with E-state index >= 15 is 0 Å². The van der Waals surface area contributed by atoms with Gasteiger partial charge in [0.25, 0.3) is 5.91 Å². The minimum Gasteiger partial charge on any atom is -0.322 e. The fourth-order valence-corrected chi connectivity index (χ4v) is 3.74. The predicted octanol–water partition coefficient (Wildman–Crippen LogP) is 2.81. The lowest BCUT2D eigenvalue weighted by Gasteiger charge is -2.10. The van der Waals surface area contributed by atoms with Crippen molar-refractivity contribution >= 4 is 21.6 Å². The van der Waals surface area contributed by atoms with Crippen molar-refractivity contribution in [3.8, 4) is 5.69 Å². The molecule has 0 spiro atoms. The number of carbonyl (C=O) groups excluding carboxylic acids is 1. The summed E-state index contributed by atoms with van der Waals surface area (Å²) in [6.07, 6.45) is 3.50. The smallest absolute Gasteiger partial charge is 0.255 e. The Morgan fingerprint density at radius 2 is 1.70 bits per heavy atom. The zero-order chi connectivity index (χ0) is 19.4. The van der Waals surface area contributed by atoms with Crippen molar-refractivity contribution in [2.75, 3.05) is 5.32 Å². The summed E-state index contributed by atoms with van der Waals surface area (Å²) in [4.78, 5) is 12.5. The van der Waals surface area contributed by atoms with Crippen molar-refractivity contribution in [2.45, 2.75) is 24.8 Å². The number of sulfonamides is 1. The summed E-state index contributed by atoms with van der Waals surface area (Å²) in [5.41, 5.74) is 1.85. The molecule has 0 aliphatic heterocycles. The van der Waals surface area contributed by atoms with Gasteiger partial charge in [0.05, 0.1) is 10.6 Å². The van der Waals surface area contributed by atoms with Gasteiger partial charge in [-0.05, 0) is 68.4 Å². The maximum absolute atomic E-state index is 12.4. The van der Waals surface area contributed by atoms with Crippen LogP contribution in [0.1, 0.15) is 24.2 Å². The number of anilines is 1. The number of rotatable bonds is 6. The zero-order valence-electron chi connectivity index (χ0n) is 15.0. The van der Waals surface area contributed by atoms with E-state index in [0.29, 0.717) is 11.3 Å². The minimum absolute atomic E-state index is 0.151. The minimum atomic E-state index is -3.55. The Morgan fingerprint density at radius 1 is 1.04 bits per heavy atom. The second-order valence-corrected chi connectivity index (χ2v) is 7.97. The van der Waals surface area contributed by atoms with Crippen LogP contribution in [0.3, 0.4) is 0 Å². The van der Waals surface area contributed by atoms with Gasteiger partial charge in [0.2, 0.25) is 10.0 Å². The first kappa shape index (κ1) is 18.8. The quantitative estimate of drug-likeness (QED) is 0.683. The van der Waals surface area contributed by atoms with Gasteiger partial charge in [-0.2, -0.15) is 5.10 Å². The maximum Gasteiger partial charge on any atom is 0.255 e. The average Bonchev–Trinajstić information content (AvgIpc) is 3.16. The average molecular weight is 384 g/mol. The van der Waals surface area contributed by atoms with Crippen LogP contribution in [0.5, 0.6) is 0 Å². The molecule has 1 amide bonds. The molecule has 3 rings (SSSR count). The van der Waals surface area contributed by atoms with E-state index < -0.39 is 10.0 Å². The molecule has 27 heavy (non-hydrogen) atoms. The Morgan fingerprint density at radius 3 is 2.26 bits per heavy atom. The van der Waals surface area contributed by atoms with Crippen LogP contribution in [-0.2, 0) is 10.0 Å². The monoisotopic (exact) mass is 384 g/mol. The topological polar surface area (TPSA) is 93.1 Å². The lowest BCUT2D eigenvalue weighted by Crippen LogP contribution is -2.30. The van der Waals surface area contributed by atoms with E-state index in [1.807, 2.05) is 12.3 Å². The van der Waals surface area contributed by atoms with Crippen LogP contribution in [-0.4, -0.2) is 30.1 Å². The van der Waals surface area contributed by atoms with Gasteiger partial charge < -0.3 is 5.32 Å². The molecule has 0 bridgehead atoms. The first-order chi connectivity index (χ1) is 12.8. The molecule has 0 saturated carbocycles. The van der Waals surface area contributed by atoms with E-state index in [1.165, 1.54) is 12.1 Å². The molecule has 0 fully saturated rings. The summed E-state index contributed by atoms with van der Waals surface area (Å²) in [6, 6.07) is 14.7. The molecular formula is C19H20N4O3S. The van der Waals surface area contributed by atoms with Crippen molar-refractivity contribution < 1.29 is 13.2 Å². The molecule has 8 heteroatoms. The summed E-state index contributed by atoms with van der Waals surface area (Å²) < 4.78 is 28.5. The third kappa shape index (κ3) is 4.60.